The second-order valence-corrected chi connectivity index (χ2v) is 0. The molecule has 0 saturated carbocycles. The Morgan fingerprint density at radius 3 is 0.750 bits per heavy atom. The average Bonchev–Trinajstić information content (AvgIpc) is 0. The van der Waals surface area contributed by atoms with Crippen LogP contribution in [0.15, 0.2) is 0 Å². The molecule has 4 heteroatoms. The molecule has 0 heterocycles. The van der Waals surface area contributed by atoms with Crippen LogP contribution in [0.25, 0.3) is 0 Å². The molecule has 0 aliphatic carbocycles. The molecule has 0 N–H and O–H groups in total. The van der Waals surface area contributed by atoms with Gasteiger partial charge in [-0.25, -0.2) is 0 Å². The number of hydrogen-bond donors (Lipinski definition) is 0. The van der Waals surface area contributed by atoms with Crippen LogP contribution in [0.2, 0.25) is 0 Å². The standard InChI is InChI=1S/2FH.Sm.Y/h2*1H;;/q;;2*+3/p-2. The fraction of sp³-hybridized carbons (Fsp3) is 0. The van der Waals surface area contributed by atoms with Crippen LogP contribution in [-0.4, -0.2) is 0 Å². The molecule has 0 nitrogen and oxygen atoms in total. The molecule has 0 atom stereocenters. The van der Waals surface area contributed by atoms with Gasteiger partial charge in [0, 0.05) is 0 Å². The zero-order valence-corrected chi connectivity index (χ0v) is 7.20. The first-order valence-corrected chi connectivity index (χ1v) is 0. The van der Waals surface area contributed by atoms with Crippen LogP contribution in [0.3, 0.4) is 0 Å². The summed E-state index contributed by atoms with van der Waals surface area (Å²) in [5.74, 6) is 0. The van der Waals surface area contributed by atoms with Crippen molar-refractivity contribution in [1.29, 1.82) is 0 Å². The van der Waals surface area contributed by atoms with Gasteiger partial charge in [0.1, 0.15) is 0 Å². The fourth-order valence-corrected chi connectivity index (χ4v) is 0. The zero-order chi connectivity index (χ0) is 0. The van der Waals surface area contributed by atoms with Gasteiger partial charge in [-0.3, -0.25) is 0 Å². The van der Waals surface area contributed by atoms with Gasteiger partial charge in [-0.05, 0) is 0 Å². The summed E-state index contributed by atoms with van der Waals surface area (Å²) in [6.07, 6.45) is 0. The van der Waals surface area contributed by atoms with Crippen molar-refractivity contribution in [2.24, 2.45) is 0 Å². The van der Waals surface area contributed by atoms with Crippen molar-refractivity contribution in [3.8, 4) is 0 Å². The van der Waals surface area contributed by atoms with Crippen molar-refractivity contribution in [2.75, 3.05) is 0 Å². The molecule has 19 valence electrons. The molecule has 0 aromatic heterocycles. The molecule has 0 aromatic rings. The second-order valence-electron chi connectivity index (χ2n) is 0. The van der Waals surface area contributed by atoms with E-state index in [0.29, 0.717) is 0 Å². The van der Waals surface area contributed by atoms with Gasteiger partial charge in [0.15, 0.2) is 0 Å². The summed E-state index contributed by atoms with van der Waals surface area (Å²) < 4.78 is 0. The Morgan fingerprint density at radius 1 is 0.750 bits per heavy atom. The number of halogens is 2. The Morgan fingerprint density at radius 2 is 0.750 bits per heavy atom. The van der Waals surface area contributed by atoms with Gasteiger partial charge in [0.05, 0.1) is 0 Å². The minimum Gasteiger partial charge on any atom is -1.00 e. The van der Waals surface area contributed by atoms with Gasteiger partial charge in [0.2, 0.25) is 0 Å². The normalized spacial score (nSPS) is 0. The summed E-state index contributed by atoms with van der Waals surface area (Å²) in [5.41, 5.74) is 0. The van der Waals surface area contributed by atoms with Gasteiger partial charge in [0.25, 0.3) is 0 Å². The predicted octanol–water partition coefficient (Wildman–Crippen LogP) is -5.99. The maximum absolute atomic E-state index is 0. The van der Waals surface area contributed by atoms with Crippen molar-refractivity contribution in [1.82, 2.24) is 0 Å². The van der Waals surface area contributed by atoms with Crippen LogP contribution in [0.5, 0.6) is 0 Å². The van der Waals surface area contributed by atoms with Crippen LogP contribution in [0.4, 0.5) is 0 Å². The minimum atomic E-state index is 0. The molecule has 0 bridgehead atoms. The molecule has 0 fully saturated rings. The average molecular weight is 277 g/mol. The van der Waals surface area contributed by atoms with Gasteiger partial charge in [-0.2, -0.15) is 0 Å². The van der Waals surface area contributed by atoms with Crippen molar-refractivity contribution in [3.05, 3.63) is 0 Å². The summed E-state index contributed by atoms with van der Waals surface area (Å²) in [5, 5.41) is 0. The SMILES string of the molecule is [F-].[F-].[Sm+3].[Y+3]. The Balaban J connectivity index is 0. The van der Waals surface area contributed by atoms with E-state index in [0.717, 1.165) is 0 Å². The van der Waals surface area contributed by atoms with E-state index >= 15 is 0 Å². The Kier molecular flexibility index (Phi) is 155. The maximum Gasteiger partial charge on any atom is 3.00 e. The summed E-state index contributed by atoms with van der Waals surface area (Å²) >= 11 is 0. The Labute approximate surface area is 80.8 Å². The first kappa shape index (κ1) is 33.4. The van der Waals surface area contributed by atoms with Crippen LogP contribution in [0.1, 0.15) is 0 Å². The van der Waals surface area contributed by atoms with E-state index in [1.54, 1.807) is 0 Å². The van der Waals surface area contributed by atoms with E-state index in [-0.39, 0.29) is 82.5 Å². The summed E-state index contributed by atoms with van der Waals surface area (Å²) in [7, 11) is 0. The predicted molar refractivity (Wildman–Crippen MR) is 0 cm³/mol. The van der Waals surface area contributed by atoms with Crippen molar-refractivity contribution < 1.29 is 82.5 Å². The maximum atomic E-state index is 0. The topological polar surface area (TPSA) is 0 Å². The van der Waals surface area contributed by atoms with E-state index in [9.17, 15) is 0 Å². The molecule has 0 aliphatic rings. The third-order valence-electron chi connectivity index (χ3n) is 0. The fourth-order valence-electron chi connectivity index (χ4n) is 0. The molecule has 0 aromatic carbocycles. The van der Waals surface area contributed by atoms with E-state index in [1.165, 1.54) is 0 Å². The van der Waals surface area contributed by atoms with E-state index in [1.807, 2.05) is 0 Å². The quantitative estimate of drug-likeness (QED) is 0.414. The monoisotopic (exact) mass is 279 g/mol. The van der Waals surface area contributed by atoms with Gasteiger partial charge in [-0.15, -0.1) is 0 Å². The van der Waals surface area contributed by atoms with E-state index in [4.69, 9.17) is 0 Å². The molecular weight excluding hydrogens is 277 g/mol. The molecule has 0 saturated heterocycles. The van der Waals surface area contributed by atoms with Crippen molar-refractivity contribution in [3.63, 3.8) is 0 Å². The zero-order valence-electron chi connectivity index (χ0n) is 1.74. The molecule has 0 rings (SSSR count). The Bertz CT molecular complexity index is 6.00. The number of rotatable bonds is 0. The summed E-state index contributed by atoms with van der Waals surface area (Å²) in [6.45, 7) is 0. The molecule has 0 spiro atoms. The number of hydrogen-bond acceptors (Lipinski definition) is 0. The van der Waals surface area contributed by atoms with Crippen molar-refractivity contribution in [2.45, 2.75) is 0 Å². The molecule has 0 amide bonds. The molecule has 0 unspecified atom stereocenters. The summed E-state index contributed by atoms with van der Waals surface area (Å²) in [4.78, 5) is 0. The second kappa shape index (κ2) is 18.5. The van der Waals surface area contributed by atoms with Crippen molar-refractivity contribution >= 4 is 0 Å². The third kappa shape index (κ3) is 8.85. The smallest absolute Gasteiger partial charge is 1.00 e. The summed E-state index contributed by atoms with van der Waals surface area (Å²) in [6, 6.07) is 0. The van der Waals surface area contributed by atoms with Gasteiger partial charge < -0.3 is 9.41 Å². The third-order valence-corrected chi connectivity index (χ3v) is 0. The van der Waals surface area contributed by atoms with Gasteiger partial charge in [-0.1, -0.05) is 0 Å². The first-order chi connectivity index (χ1) is 0. The molecule has 0 aliphatic heterocycles. The van der Waals surface area contributed by atoms with Gasteiger partial charge >= 0.3 is 73.1 Å². The van der Waals surface area contributed by atoms with Crippen LogP contribution < -0.4 is 9.41 Å². The van der Waals surface area contributed by atoms with Crippen LogP contribution >= 0.6 is 0 Å². The first-order valence-electron chi connectivity index (χ1n) is 0. The molecule has 1 radical (unpaired) electrons. The van der Waals surface area contributed by atoms with Crippen LogP contribution in [0, 0.1) is 40.4 Å². The molecular formula is F2SmY+4. The minimum absolute atomic E-state index is 0. The van der Waals surface area contributed by atoms with E-state index in [2.05, 4.69) is 0 Å². The molecule has 4 heavy (non-hydrogen) atoms. The van der Waals surface area contributed by atoms with E-state index < -0.39 is 0 Å². The largest absolute Gasteiger partial charge is 3.00 e. The Hall–Kier alpha value is 2.30. The van der Waals surface area contributed by atoms with Crippen LogP contribution in [-0.2, 0) is 32.7 Å².